The maximum Gasteiger partial charge on any atom is 0.106 e. The van der Waals surface area contributed by atoms with Gasteiger partial charge in [-0.05, 0) is 17.0 Å². The Morgan fingerprint density at radius 1 is 1.13 bits per heavy atom. The fourth-order valence-corrected chi connectivity index (χ4v) is 1.78. The highest BCUT2D eigenvalue weighted by molar-refractivity contribution is 5.26. The van der Waals surface area contributed by atoms with Crippen LogP contribution in [-0.2, 0) is 9.47 Å². The molecular formula is C13H18O2. The molecule has 0 aliphatic carbocycles. The van der Waals surface area contributed by atoms with Crippen molar-refractivity contribution >= 4 is 0 Å². The molecule has 1 aliphatic heterocycles. The van der Waals surface area contributed by atoms with Gasteiger partial charge in [-0.3, -0.25) is 0 Å². The van der Waals surface area contributed by atoms with Gasteiger partial charge >= 0.3 is 0 Å². The lowest BCUT2D eigenvalue weighted by Gasteiger charge is -2.23. The second-order valence-corrected chi connectivity index (χ2v) is 4.26. The molecular weight excluding hydrogens is 188 g/mol. The van der Waals surface area contributed by atoms with Crippen LogP contribution in [0.15, 0.2) is 24.3 Å². The van der Waals surface area contributed by atoms with Crippen LogP contribution in [0.2, 0.25) is 0 Å². The van der Waals surface area contributed by atoms with Gasteiger partial charge in [0.25, 0.3) is 0 Å². The van der Waals surface area contributed by atoms with Gasteiger partial charge in [-0.25, -0.2) is 0 Å². The molecule has 1 aliphatic rings. The van der Waals surface area contributed by atoms with Crippen LogP contribution in [0.25, 0.3) is 0 Å². The van der Waals surface area contributed by atoms with Crippen LogP contribution in [0, 0.1) is 0 Å². The highest BCUT2D eigenvalue weighted by Gasteiger charge is 2.16. The molecule has 2 heteroatoms. The van der Waals surface area contributed by atoms with Gasteiger partial charge in [0, 0.05) is 0 Å². The molecule has 15 heavy (non-hydrogen) atoms. The second-order valence-electron chi connectivity index (χ2n) is 4.26. The Morgan fingerprint density at radius 2 is 1.87 bits per heavy atom. The summed E-state index contributed by atoms with van der Waals surface area (Å²) in [4.78, 5) is 0. The van der Waals surface area contributed by atoms with E-state index in [0.717, 1.165) is 6.61 Å². The van der Waals surface area contributed by atoms with Gasteiger partial charge < -0.3 is 9.47 Å². The summed E-state index contributed by atoms with van der Waals surface area (Å²) in [5.41, 5.74) is 2.59. The van der Waals surface area contributed by atoms with E-state index in [1.165, 1.54) is 11.1 Å². The van der Waals surface area contributed by atoms with Crippen molar-refractivity contribution < 1.29 is 9.47 Å². The van der Waals surface area contributed by atoms with E-state index in [1.807, 2.05) is 0 Å². The van der Waals surface area contributed by atoms with Gasteiger partial charge in [-0.1, -0.05) is 38.1 Å². The number of ether oxygens (including phenoxy) is 2. The minimum Gasteiger partial charge on any atom is -0.376 e. The van der Waals surface area contributed by atoms with Crippen molar-refractivity contribution in [1.82, 2.24) is 0 Å². The predicted molar refractivity (Wildman–Crippen MR) is 60.0 cm³/mol. The number of hydrogen-bond donors (Lipinski definition) is 0. The molecule has 0 N–H and O–H groups in total. The molecule has 1 aromatic carbocycles. The lowest BCUT2D eigenvalue weighted by atomic mass is 10.00. The molecule has 1 saturated heterocycles. The van der Waals surface area contributed by atoms with E-state index in [4.69, 9.17) is 9.47 Å². The largest absolute Gasteiger partial charge is 0.376 e. The lowest BCUT2D eigenvalue weighted by Crippen LogP contribution is -2.21. The van der Waals surface area contributed by atoms with Gasteiger partial charge in [0.15, 0.2) is 0 Å². The van der Waals surface area contributed by atoms with Crippen molar-refractivity contribution in [3.05, 3.63) is 35.4 Å². The maximum atomic E-state index is 5.64. The second kappa shape index (κ2) is 4.77. The molecule has 0 aromatic heterocycles. The Labute approximate surface area is 91.2 Å². The lowest BCUT2D eigenvalue weighted by molar-refractivity contribution is -0.0901. The van der Waals surface area contributed by atoms with Crippen molar-refractivity contribution in [2.75, 3.05) is 19.8 Å². The van der Waals surface area contributed by atoms with Crippen LogP contribution in [0.1, 0.15) is 37.0 Å². The van der Waals surface area contributed by atoms with Crippen molar-refractivity contribution in [1.29, 1.82) is 0 Å². The first-order valence-corrected chi connectivity index (χ1v) is 5.56. The Bertz CT molecular complexity index is 297. The zero-order valence-corrected chi connectivity index (χ0v) is 9.40. The highest BCUT2D eigenvalue weighted by atomic mass is 16.6. The van der Waals surface area contributed by atoms with Crippen LogP contribution in [0.3, 0.4) is 0 Å². The zero-order valence-electron chi connectivity index (χ0n) is 9.40. The minimum atomic E-state index is 0.125. The number of rotatable bonds is 2. The van der Waals surface area contributed by atoms with Gasteiger partial charge in [0.05, 0.1) is 19.8 Å². The maximum absolute atomic E-state index is 5.64. The third-order valence-electron chi connectivity index (χ3n) is 2.79. The first-order valence-electron chi connectivity index (χ1n) is 5.56. The van der Waals surface area contributed by atoms with Crippen LogP contribution in [-0.4, -0.2) is 19.8 Å². The standard InChI is InChI=1S/C13H18O2/c1-10(2)11-3-5-12(6-4-11)13-9-14-7-8-15-13/h3-6,10,13H,7-9H2,1-2H3. The molecule has 0 radical (unpaired) electrons. The van der Waals surface area contributed by atoms with Crippen molar-refractivity contribution in [3.8, 4) is 0 Å². The van der Waals surface area contributed by atoms with Crippen LogP contribution >= 0.6 is 0 Å². The fraction of sp³-hybridized carbons (Fsp3) is 0.538. The third kappa shape index (κ3) is 2.58. The first kappa shape index (κ1) is 10.7. The van der Waals surface area contributed by atoms with Crippen molar-refractivity contribution in [2.24, 2.45) is 0 Å². The van der Waals surface area contributed by atoms with Crippen molar-refractivity contribution in [3.63, 3.8) is 0 Å². The number of hydrogen-bond acceptors (Lipinski definition) is 2. The summed E-state index contributed by atoms with van der Waals surface area (Å²) in [5.74, 6) is 0.586. The predicted octanol–water partition coefficient (Wildman–Crippen LogP) is 2.90. The summed E-state index contributed by atoms with van der Waals surface area (Å²) >= 11 is 0. The Hall–Kier alpha value is -0.860. The van der Waals surface area contributed by atoms with E-state index in [0.29, 0.717) is 19.1 Å². The topological polar surface area (TPSA) is 18.5 Å². The molecule has 2 nitrogen and oxygen atoms in total. The molecule has 1 unspecified atom stereocenters. The molecule has 1 heterocycles. The third-order valence-corrected chi connectivity index (χ3v) is 2.79. The minimum absolute atomic E-state index is 0.125. The van der Waals surface area contributed by atoms with Crippen LogP contribution in [0.4, 0.5) is 0 Å². The van der Waals surface area contributed by atoms with Crippen molar-refractivity contribution in [2.45, 2.75) is 25.9 Å². The molecule has 0 saturated carbocycles. The Morgan fingerprint density at radius 3 is 2.40 bits per heavy atom. The average molecular weight is 206 g/mol. The quantitative estimate of drug-likeness (QED) is 0.740. The fourth-order valence-electron chi connectivity index (χ4n) is 1.78. The molecule has 82 valence electrons. The van der Waals surface area contributed by atoms with Gasteiger partial charge in [-0.15, -0.1) is 0 Å². The number of benzene rings is 1. The SMILES string of the molecule is CC(C)c1ccc(C2COCCO2)cc1. The van der Waals surface area contributed by atoms with E-state index in [1.54, 1.807) is 0 Å². The van der Waals surface area contributed by atoms with E-state index in [9.17, 15) is 0 Å². The summed E-state index contributed by atoms with van der Waals surface area (Å²) in [6.07, 6.45) is 0.125. The van der Waals surface area contributed by atoms with Crippen LogP contribution < -0.4 is 0 Å². The molecule has 1 atom stereocenters. The first-order chi connectivity index (χ1) is 7.27. The molecule has 0 spiro atoms. The average Bonchev–Trinajstić information content (AvgIpc) is 2.30. The molecule has 1 aromatic rings. The molecule has 0 amide bonds. The summed E-state index contributed by atoms with van der Waals surface area (Å²) < 4.78 is 11.0. The monoisotopic (exact) mass is 206 g/mol. The van der Waals surface area contributed by atoms with Gasteiger partial charge in [0.1, 0.15) is 6.10 Å². The Kier molecular flexibility index (Phi) is 3.39. The zero-order chi connectivity index (χ0) is 10.7. The van der Waals surface area contributed by atoms with E-state index < -0.39 is 0 Å². The summed E-state index contributed by atoms with van der Waals surface area (Å²) in [5, 5.41) is 0. The summed E-state index contributed by atoms with van der Waals surface area (Å²) in [6, 6.07) is 8.65. The summed E-state index contributed by atoms with van der Waals surface area (Å²) in [6.45, 7) is 6.52. The Balaban J connectivity index is 2.08. The van der Waals surface area contributed by atoms with Gasteiger partial charge in [-0.2, -0.15) is 0 Å². The summed E-state index contributed by atoms with van der Waals surface area (Å²) in [7, 11) is 0. The smallest absolute Gasteiger partial charge is 0.106 e. The molecule has 2 rings (SSSR count). The highest BCUT2D eigenvalue weighted by Crippen LogP contribution is 2.23. The molecule has 1 fully saturated rings. The van der Waals surface area contributed by atoms with E-state index in [-0.39, 0.29) is 6.10 Å². The molecule has 0 bridgehead atoms. The normalized spacial score (nSPS) is 21.9. The van der Waals surface area contributed by atoms with Crippen LogP contribution in [0.5, 0.6) is 0 Å². The van der Waals surface area contributed by atoms with E-state index >= 15 is 0 Å². The van der Waals surface area contributed by atoms with Gasteiger partial charge in [0.2, 0.25) is 0 Å². The van der Waals surface area contributed by atoms with E-state index in [2.05, 4.69) is 38.1 Å².